The molecule has 0 spiro atoms. The first kappa shape index (κ1) is 23.3. The fourth-order valence-electron chi connectivity index (χ4n) is 4.60. The predicted molar refractivity (Wildman–Crippen MR) is 137 cm³/mol. The standard InChI is InChI=1S/C30H26N2O4/c1-16(2)19-6-8-20(9-7-19)27-22-11-10-21(14-26(22)36-29(32)24(27)15-31)34-30(33)28-18(4)23-13-17(3)5-12-25(23)35-28/h5-14,16,27H,32H2,1-4H3. The van der Waals surface area contributed by atoms with Crippen molar-refractivity contribution in [3.05, 3.63) is 106 Å². The molecule has 4 aromatic rings. The van der Waals surface area contributed by atoms with E-state index in [4.69, 9.17) is 19.6 Å². The Morgan fingerprint density at radius 1 is 1.06 bits per heavy atom. The van der Waals surface area contributed by atoms with Gasteiger partial charge in [0.2, 0.25) is 11.6 Å². The van der Waals surface area contributed by atoms with Gasteiger partial charge in [0.1, 0.15) is 28.7 Å². The van der Waals surface area contributed by atoms with Crippen LogP contribution in [0.2, 0.25) is 0 Å². The van der Waals surface area contributed by atoms with Crippen LogP contribution in [-0.4, -0.2) is 5.97 Å². The van der Waals surface area contributed by atoms with Gasteiger partial charge in [-0.15, -0.1) is 0 Å². The van der Waals surface area contributed by atoms with Crippen molar-refractivity contribution in [2.45, 2.75) is 39.5 Å². The lowest BCUT2D eigenvalue weighted by molar-refractivity contribution is 0.0702. The number of fused-ring (bicyclic) bond motifs is 2. The van der Waals surface area contributed by atoms with Crippen LogP contribution in [0, 0.1) is 25.2 Å². The lowest BCUT2D eigenvalue weighted by Crippen LogP contribution is -2.21. The number of rotatable bonds is 4. The van der Waals surface area contributed by atoms with Gasteiger partial charge in [-0.05, 0) is 49.1 Å². The molecule has 2 N–H and O–H groups in total. The number of carbonyl (C=O) groups excluding carboxylic acids is 1. The summed E-state index contributed by atoms with van der Waals surface area (Å²) in [6.45, 7) is 8.09. The third-order valence-corrected chi connectivity index (χ3v) is 6.61. The van der Waals surface area contributed by atoms with Crippen LogP contribution in [0.5, 0.6) is 11.5 Å². The molecule has 5 rings (SSSR count). The van der Waals surface area contributed by atoms with E-state index in [0.29, 0.717) is 22.8 Å². The zero-order valence-electron chi connectivity index (χ0n) is 20.6. The molecule has 6 nitrogen and oxygen atoms in total. The first-order valence-electron chi connectivity index (χ1n) is 11.8. The molecule has 0 amide bonds. The van der Waals surface area contributed by atoms with Crippen molar-refractivity contribution >= 4 is 16.9 Å². The molecule has 0 fully saturated rings. The summed E-state index contributed by atoms with van der Waals surface area (Å²) in [5.74, 6) is 0.334. The smallest absolute Gasteiger partial charge is 0.379 e. The Kier molecular flexibility index (Phi) is 5.77. The summed E-state index contributed by atoms with van der Waals surface area (Å²) in [5, 5.41) is 10.7. The number of esters is 1. The van der Waals surface area contributed by atoms with E-state index in [1.807, 2.05) is 44.2 Å². The van der Waals surface area contributed by atoms with Crippen molar-refractivity contribution in [1.82, 2.24) is 0 Å². The Morgan fingerprint density at radius 3 is 2.50 bits per heavy atom. The SMILES string of the molecule is Cc1ccc2oc(C(=O)Oc3ccc4c(c3)OC(N)=C(C#N)C4c3ccc(C(C)C)cc3)c(C)c2c1. The molecule has 0 bridgehead atoms. The van der Waals surface area contributed by atoms with Gasteiger partial charge in [0.05, 0.1) is 5.92 Å². The van der Waals surface area contributed by atoms with E-state index in [2.05, 4.69) is 32.0 Å². The Morgan fingerprint density at radius 2 is 1.81 bits per heavy atom. The lowest BCUT2D eigenvalue weighted by Gasteiger charge is -2.27. The average molecular weight is 479 g/mol. The maximum Gasteiger partial charge on any atom is 0.379 e. The number of hydrogen-bond acceptors (Lipinski definition) is 6. The van der Waals surface area contributed by atoms with Crippen molar-refractivity contribution in [2.75, 3.05) is 0 Å². The minimum absolute atomic E-state index is 0.0370. The molecular formula is C30H26N2O4. The number of carbonyl (C=O) groups is 1. The van der Waals surface area contributed by atoms with Crippen LogP contribution >= 0.6 is 0 Å². The molecule has 0 aliphatic carbocycles. The van der Waals surface area contributed by atoms with E-state index in [-0.39, 0.29) is 23.3 Å². The number of nitriles is 1. The van der Waals surface area contributed by atoms with Crippen LogP contribution in [0.3, 0.4) is 0 Å². The van der Waals surface area contributed by atoms with Crippen molar-refractivity contribution in [3.63, 3.8) is 0 Å². The molecule has 0 radical (unpaired) electrons. The second-order valence-corrected chi connectivity index (χ2v) is 9.39. The van der Waals surface area contributed by atoms with Crippen molar-refractivity contribution in [1.29, 1.82) is 5.26 Å². The third kappa shape index (κ3) is 3.99. The van der Waals surface area contributed by atoms with Crippen molar-refractivity contribution in [3.8, 4) is 17.6 Å². The van der Waals surface area contributed by atoms with Gasteiger partial charge >= 0.3 is 5.97 Å². The van der Waals surface area contributed by atoms with Crippen LogP contribution in [-0.2, 0) is 0 Å². The maximum atomic E-state index is 13.0. The van der Waals surface area contributed by atoms with Gasteiger partial charge < -0.3 is 19.6 Å². The summed E-state index contributed by atoms with van der Waals surface area (Å²) in [7, 11) is 0. The second-order valence-electron chi connectivity index (χ2n) is 9.39. The average Bonchev–Trinajstić information content (AvgIpc) is 3.19. The predicted octanol–water partition coefficient (Wildman–Crippen LogP) is 6.61. The van der Waals surface area contributed by atoms with Crippen molar-refractivity contribution in [2.24, 2.45) is 5.73 Å². The molecule has 1 aliphatic heterocycles. The number of nitrogens with zero attached hydrogens (tertiary/aromatic N) is 1. The molecule has 1 atom stereocenters. The van der Waals surface area contributed by atoms with E-state index in [1.54, 1.807) is 18.2 Å². The molecular weight excluding hydrogens is 452 g/mol. The van der Waals surface area contributed by atoms with Crippen LogP contribution in [0.25, 0.3) is 11.0 Å². The number of furan rings is 1. The zero-order valence-corrected chi connectivity index (χ0v) is 20.6. The summed E-state index contributed by atoms with van der Waals surface area (Å²) in [5.41, 5.74) is 11.8. The van der Waals surface area contributed by atoms with Gasteiger partial charge in [0, 0.05) is 22.6 Å². The third-order valence-electron chi connectivity index (χ3n) is 6.61. The number of nitrogens with two attached hydrogens (primary N) is 1. The summed E-state index contributed by atoms with van der Waals surface area (Å²) in [6.07, 6.45) is 0. The zero-order chi connectivity index (χ0) is 25.6. The fraction of sp³-hybridized carbons (Fsp3) is 0.200. The normalized spacial score (nSPS) is 14.9. The van der Waals surface area contributed by atoms with Crippen LogP contribution in [0.15, 0.2) is 76.5 Å². The Bertz CT molecular complexity index is 1570. The fourth-order valence-corrected chi connectivity index (χ4v) is 4.60. The molecule has 0 saturated heterocycles. The van der Waals surface area contributed by atoms with Gasteiger partial charge in [0.15, 0.2) is 0 Å². The van der Waals surface area contributed by atoms with E-state index in [9.17, 15) is 10.1 Å². The molecule has 0 saturated carbocycles. The number of allylic oxidation sites excluding steroid dienone is 1. The quantitative estimate of drug-likeness (QED) is 0.262. The number of aryl methyl sites for hydroxylation is 2. The minimum atomic E-state index is -0.598. The molecule has 6 heteroatoms. The summed E-state index contributed by atoms with van der Waals surface area (Å²) in [4.78, 5) is 13.0. The highest BCUT2D eigenvalue weighted by Gasteiger charge is 2.31. The van der Waals surface area contributed by atoms with Crippen LogP contribution in [0.1, 0.15) is 64.1 Å². The summed E-state index contributed by atoms with van der Waals surface area (Å²) < 4.78 is 17.2. The molecule has 36 heavy (non-hydrogen) atoms. The van der Waals surface area contributed by atoms with Crippen LogP contribution < -0.4 is 15.2 Å². The van der Waals surface area contributed by atoms with Crippen molar-refractivity contribution < 1.29 is 18.7 Å². The molecule has 1 unspecified atom stereocenters. The van der Waals surface area contributed by atoms with Gasteiger partial charge in [-0.1, -0.05) is 55.8 Å². The minimum Gasteiger partial charge on any atom is -0.449 e. The Balaban J connectivity index is 1.48. The first-order valence-corrected chi connectivity index (χ1v) is 11.8. The molecule has 1 aromatic heterocycles. The molecule has 2 heterocycles. The monoisotopic (exact) mass is 478 g/mol. The maximum absolute atomic E-state index is 13.0. The Hall–Kier alpha value is -4.50. The first-order chi connectivity index (χ1) is 17.3. The molecule has 3 aromatic carbocycles. The van der Waals surface area contributed by atoms with E-state index < -0.39 is 5.97 Å². The van der Waals surface area contributed by atoms with Crippen LogP contribution in [0.4, 0.5) is 0 Å². The highest BCUT2D eigenvalue weighted by atomic mass is 16.5. The summed E-state index contributed by atoms with van der Waals surface area (Å²) in [6, 6.07) is 21.2. The van der Waals surface area contributed by atoms with Gasteiger partial charge in [0.25, 0.3) is 0 Å². The Labute approximate surface area is 209 Å². The second kappa shape index (κ2) is 8.94. The number of ether oxygens (including phenoxy) is 2. The largest absolute Gasteiger partial charge is 0.449 e. The lowest BCUT2D eigenvalue weighted by atomic mass is 9.83. The number of hydrogen-bond donors (Lipinski definition) is 1. The number of benzene rings is 3. The highest BCUT2D eigenvalue weighted by Crippen LogP contribution is 2.43. The van der Waals surface area contributed by atoms with E-state index >= 15 is 0 Å². The van der Waals surface area contributed by atoms with Gasteiger partial charge in [-0.2, -0.15) is 5.26 Å². The highest BCUT2D eigenvalue weighted by molar-refractivity contribution is 5.97. The summed E-state index contributed by atoms with van der Waals surface area (Å²) >= 11 is 0. The topological polar surface area (TPSA) is 98.5 Å². The van der Waals surface area contributed by atoms with E-state index in [0.717, 1.165) is 27.6 Å². The molecule has 180 valence electrons. The van der Waals surface area contributed by atoms with E-state index in [1.165, 1.54) is 5.56 Å². The van der Waals surface area contributed by atoms with Gasteiger partial charge in [-0.3, -0.25) is 0 Å². The van der Waals surface area contributed by atoms with Gasteiger partial charge in [-0.25, -0.2) is 4.79 Å². The molecule has 1 aliphatic rings.